The van der Waals surface area contributed by atoms with Crippen molar-refractivity contribution < 1.29 is 18.7 Å². The first kappa shape index (κ1) is 17.4. The summed E-state index contributed by atoms with van der Waals surface area (Å²) in [6.45, 7) is 5.49. The molecule has 0 bridgehead atoms. The highest BCUT2D eigenvalue weighted by molar-refractivity contribution is 5.79. The van der Waals surface area contributed by atoms with Crippen LogP contribution < -0.4 is 10.6 Å². The molecule has 1 fully saturated rings. The van der Waals surface area contributed by atoms with Crippen molar-refractivity contribution in [2.45, 2.75) is 70.6 Å². The average Bonchev–Trinajstić information content (AvgIpc) is 2.91. The van der Waals surface area contributed by atoms with E-state index in [0.717, 1.165) is 31.2 Å². The largest absolute Gasteiger partial charge is 0.472 e. The van der Waals surface area contributed by atoms with Gasteiger partial charge in [-0.15, -0.1) is 0 Å². The molecule has 0 radical (unpaired) electrons. The second kappa shape index (κ2) is 7.53. The van der Waals surface area contributed by atoms with Gasteiger partial charge in [0.05, 0.1) is 25.0 Å². The Balaban J connectivity index is 1.87. The third-order valence-corrected chi connectivity index (χ3v) is 3.76. The molecule has 0 aromatic carbocycles. The molecule has 128 valence electrons. The number of rotatable bonds is 4. The van der Waals surface area contributed by atoms with E-state index in [-0.39, 0.29) is 24.4 Å². The summed E-state index contributed by atoms with van der Waals surface area (Å²) in [6, 6.07) is 1.62. The van der Waals surface area contributed by atoms with Crippen LogP contribution >= 0.6 is 0 Å². The van der Waals surface area contributed by atoms with Gasteiger partial charge in [-0.1, -0.05) is 12.8 Å². The van der Waals surface area contributed by atoms with E-state index >= 15 is 0 Å². The second-order valence-electron chi connectivity index (χ2n) is 7.02. The number of carbonyl (C=O) groups is 2. The minimum Gasteiger partial charge on any atom is -0.472 e. The summed E-state index contributed by atoms with van der Waals surface area (Å²) >= 11 is 0. The fourth-order valence-electron chi connectivity index (χ4n) is 2.77. The molecule has 0 aliphatic heterocycles. The van der Waals surface area contributed by atoms with Gasteiger partial charge in [-0.3, -0.25) is 4.79 Å². The smallest absolute Gasteiger partial charge is 0.407 e. The lowest BCUT2D eigenvalue weighted by Gasteiger charge is -2.33. The maximum Gasteiger partial charge on any atom is 0.407 e. The summed E-state index contributed by atoms with van der Waals surface area (Å²) in [6.07, 6.45) is 6.75. The maximum atomic E-state index is 12.1. The maximum absolute atomic E-state index is 12.1. The molecule has 6 nitrogen and oxygen atoms in total. The number of alkyl carbamates (subject to hydrolysis) is 1. The molecule has 0 spiro atoms. The zero-order valence-electron chi connectivity index (χ0n) is 14.1. The standard InChI is InChI=1S/C17H26N2O4/c1-17(2,3)23-16(21)19-14-7-5-4-6-13(14)18-15(20)10-12-8-9-22-11-12/h8-9,11,13-14H,4-7,10H2,1-3H3,(H,18,20)(H,19,21). The van der Waals surface area contributed by atoms with E-state index in [9.17, 15) is 9.59 Å². The topological polar surface area (TPSA) is 80.6 Å². The molecule has 1 aliphatic carbocycles. The number of furan rings is 1. The lowest BCUT2D eigenvalue weighted by Crippen LogP contribution is -2.54. The van der Waals surface area contributed by atoms with Crippen LogP contribution in [0.1, 0.15) is 52.0 Å². The quantitative estimate of drug-likeness (QED) is 0.893. The Hall–Kier alpha value is -1.98. The third-order valence-electron chi connectivity index (χ3n) is 3.76. The van der Waals surface area contributed by atoms with Crippen LogP contribution in [0.15, 0.2) is 23.0 Å². The Morgan fingerprint density at radius 2 is 1.87 bits per heavy atom. The lowest BCUT2D eigenvalue weighted by molar-refractivity contribution is -0.121. The Morgan fingerprint density at radius 1 is 1.22 bits per heavy atom. The average molecular weight is 322 g/mol. The highest BCUT2D eigenvalue weighted by Crippen LogP contribution is 2.19. The SMILES string of the molecule is CC(C)(C)OC(=O)NC1CCCCC1NC(=O)Cc1ccoc1. The number of carbonyl (C=O) groups excluding carboxylic acids is 2. The molecule has 1 heterocycles. The molecule has 1 aliphatic rings. The summed E-state index contributed by atoms with van der Waals surface area (Å²) in [5.74, 6) is -0.0608. The predicted octanol–water partition coefficient (Wildman–Crippen LogP) is 2.77. The molecule has 23 heavy (non-hydrogen) atoms. The van der Waals surface area contributed by atoms with E-state index in [1.54, 1.807) is 18.6 Å². The van der Waals surface area contributed by atoms with E-state index in [2.05, 4.69) is 10.6 Å². The molecule has 1 saturated carbocycles. The van der Waals surface area contributed by atoms with Gasteiger partial charge in [0.1, 0.15) is 5.60 Å². The van der Waals surface area contributed by atoms with Crippen molar-refractivity contribution >= 4 is 12.0 Å². The van der Waals surface area contributed by atoms with Gasteiger partial charge in [0, 0.05) is 6.04 Å². The van der Waals surface area contributed by atoms with Crippen molar-refractivity contribution in [3.63, 3.8) is 0 Å². The summed E-state index contributed by atoms with van der Waals surface area (Å²) in [4.78, 5) is 24.1. The lowest BCUT2D eigenvalue weighted by atomic mass is 9.90. The minimum atomic E-state index is -0.529. The zero-order valence-corrected chi connectivity index (χ0v) is 14.1. The molecule has 2 rings (SSSR count). The summed E-state index contributed by atoms with van der Waals surface area (Å²) in [5, 5.41) is 5.92. The van der Waals surface area contributed by atoms with Gasteiger partial charge in [-0.25, -0.2) is 4.79 Å². The van der Waals surface area contributed by atoms with Crippen molar-refractivity contribution in [2.75, 3.05) is 0 Å². The third kappa shape index (κ3) is 5.96. The van der Waals surface area contributed by atoms with Crippen LogP contribution in [0, 0.1) is 0 Å². The van der Waals surface area contributed by atoms with Crippen LogP contribution in [-0.4, -0.2) is 29.7 Å². The number of nitrogens with one attached hydrogen (secondary N) is 2. The van der Waals surface area contributed by atoms with E-state index in [0.29, 0.717) is 0 Å². The van der Waals surface area contributed by atoms with Crippen LogP contribution in [0.4, 0.5) is 4.79 Å². The van der Waals surface area contributed by atoms with Gasteiger partial charge in [0.15, 0.2) is 0 Å². The van der Waals surface area contributed by atoms with E-state index in [4.69, 9.17) is 9.15 Å². The van der Waals surface area contributed by atoms with Crippen LogP contribution in [-0.2, 0) is 16.0 Å². The number of hydrogen-bond acceptors (Lipinski definition) is 4. The Labute approximate surface area is 137 Å². The Kier molecular flexibility index (Phi) is 5.69. The van der Waals surface area contributed by atoms with Crippen LogP contribution in [0.3, 0.4) is 0 Å². The van der Waals surface area contributed by atoms with Crippen molar-refractivity contribution in [2.24, 2.45) is 0 Å². The van der Waals surface area contributed by atoms with Crippen molar-refractivity contribution in [3.05, 3.63) is 24.2 Å². The predicted molar refractivity (Wildman–Crippen MR) is 86.0 cm³/mol. The van der Waals surface area contributed by atoms with Crippen LogP contribution in [0.25, 0.3) is 0 Å². The van der Waals surface area contributed by atoms with Crippen molar-refractivity contribution in [1.82, 2.24) is 10.6 Å². The number of ether oxygens (including phenoxy) is 1. The van der Waals surface area contributed by atoms with Gasteiger partial charge in [-0.05, 0) is 45.2 Å². The van der Waals surface area contributed by atoms with Crippen LogP contribution in [0.2, 0.25) is 0 Å². The molecule has 2 atom stereocenters. The van der Waals surface area contributed by atoms with Crippen molar-refractivity contribution in [1.29, 1.82) is 0 Å². The van der Waals surface area contributed by atoms with Crippen molar-refractivity contribution in [3.8, 4) is 0 Å². The molecule has 1 aromatic heterocycles. The van der Waals surface area contributed by atoms with E-state index < -0.39 is 11.7 Å². The Bertz CT molecular complexity index is 519. The highest BCUT2D eigenvalue weighted by atomic mass is 16.6. The summed E-state index contributed by atoms with van der Waals surface area (Å²) < 4.78 is 10.3. The van der Waals surface area contributed by atoms with Gasteiger partial charge in [0.2, 0.25) is 5.91 Å². The number of amides is 2. The molecule has 0 saturated heterocycles. The molecule has 2 unspecified atom stereocenters. The first-order valence-corrected chi connectivity index (χ1v) is 8.13. The van der Waals surface area contributed by atoms with E-state index in [1.165, 1.54) is 0 Å². The first-order chi connectivity index (χ1) is 10.8. The molecule has 1 aromatic rings. The number of hydrogen-bond donors (Lipinski definition) is 2. The fraction of sp³-hybridized carbons (Fsp3) is 0.647. The molecular formula is C17H26N2O4. The Morgan fingerprint density at radius 3 is 2.43 bits per heavy atom. The van der Waals surface area contributed by atoms with E-state index in [1.807, 2.05) is 20.8 Å². The van der Waals surface area contributed by atoms with Gasteiger partial charge >= 0.3 is 6.09 Å². The van der Waals surface area contributed by atoms with Crippen LogP contribution in [0.5, 0.6) is 0 Å². The van der Waals surface area contributed by atoms with Gasteiger partial charge < -0.3 is 19.8 Å². The summed E-state index contributed by atoms with van der Waals surface area (Å²) in [5.41, 5.74) is 0.314. The first-order valence-electron chi connectivity index (χ1n) is 8.13. The van der Waals surface area contributed by atoms with Gasteiger partial charge in [0.25, 0.3) is 0 Å². The zero-order chi connectivity index (χ0) is 16.9. The second-order valence-corrected chi connectivity index (χ2v) is 7.02. The summed E-state index contributed by atoms with van der Waals surface area (Å²) in [7, 11) is 0. The minimum absolute atomic E-state index is 0.0596. The van der Waals surface area contributed by atoms with Gasteiger partial charge in [-0.2, -0.15) is 0 Å². The molecule has 2 amide bonds. The monoisotopic (exact) mass is 322 g/mol. The molecular weight excluding hydrogens is 296 g/mol. The molecule has 6 heteroatoms. The fourth-order valence-corrected chi connectivity index (χ4v) is 2.77. The molecule has 2 N–H and O–H groups in total. The highest BCUT2D eigenvalue weighted by Gasteiger charge is 2.29. The normalized spacial score (nSPS) is 21.5.